The monoisotopic (exact) mass is 384 g/mol. The van der Waals surface area contributed by atoms with Gasteiger partial charge in [-0.1, -0.05) is 0 Å². The number of rotatable bonds is 8. The summed E-state index contributed by atoms with van der Waals surface area (Å²) >= 11 is 0. The lowest BCUT2D eigenvalue weighted by atomic mass is 10.2. The van der Waals surface area contributed by atoms with Gasteiger partial charge in [-0.15, -0.1) is 0 Å². The predicted octanol–water partition coefficient (Wildman–Crippen LogP) is 0.226. The van der Waals surface area contributed by atoms with Gasteiger partial charge in [0.25, 0.3) is 0 Å². The van der Waals surface area contributed by atoms with Crippen molar-refractivity contribution < 1.29 is 27.5 Å². The van der Waals surface area contributed by atoms with E-state index in [2.05, 4.69) is 5.32 Å². The van der Waals surface area contributed by atoms with E-state index >= 15 is 0 Å². The molecule has 0 saturated carbocycles. The van der Waals surface area contributed by atoms with Crippen molar-refractivity contribution in [3.05, 3.63) is 24.3 Å². The predicted molar refractivity (Wildman–Crippen MR) is 95.9 cm³/mol. The van der Waals surface area contributed by atoms with Gasteiger partial charge in [0.1, 0.15) is 24.5 Å². The van der Waals surface area contributed by atoms with Crippen LogP contribution < -0.4 is 14.8 Å². The summed E-state index contributed by atoms with van der Waals surface area (Å²) in [7, 11) is 0.0450. The highest BCUT2D eigenvalue weighted by molar-refractivity contribution is 7.91. The number of hydrogen-bond donors (Lipinski definition) is 1. The minimum atomic E-state index is -3.07. The fourth-order valence-corrected chi connectivity index (χ4v) is 4.41. The molecule has 26 heavy (non-hydrogen) atoms. The highest BCUT2D eigenvalue weighted by Crippen LogP contribution is 2.17. The summed E-state index contributed by atoms with van der Waals surface area (Å²) in [4.78, 5) is 25.3. The molecule has 1 aromatic carbocycles. The zero-order chi connectivity index (χ0) is 19.2. The average Bonchev–Trinajstić information content (AvgIpc) is 2.98. The Hall–Kier alpha value is -2.29. The maximum Gasteiger partial charge on any atom is 0.232 e. The molecule has 1 aliphatic heterocycles. The van der Waals surface area contributed by atoms with Crippen LogP contribution in [0.2, 0.25) is 0 Å². The largest absolute Gasteiger partial charge is 0.497 e. The van der Waals surface area contributed by atoms with Gasteiger partial charge >= 0.3 is 0 Å². The quantitative estimate of drug-likeness (QED) is 0.508. The normalized spacial score (nSPS) is 18.2. The van der Waals surface area contributed by atoms with E-state index in [1.165, 1.54) is 11.9 Å². The van der Waals surface area contributed by atoms with Crippen molar-refractivity contribution in [2.24, 2.45) is 0 Å². The standard InChI is InChI=1S/C17H24N2O6S/c1-19(13-7-10-26(22,23)12-13)17(21)11-16(20)18-8-9-25-15-5-3-14(24-2)4-6-15/h3-6,13H,7-12H2,1-2H3,(H,18,20). The van der Waals surface area contributed by atoms with Gasteiger partial charge in [-0.25, -0.2) is 8.42 Å². The second-order valence-electron chi connectivity index (χ2n) is 6.11. The minimum Gasteiger partial charge on any atom is -0.497 e. The molecule has 0 bridgehead atoms. The first kappa shape index (κ1) is 20.0. The topological polar surface area (TPSA) is 102 Å². The first-order valence-electron chi connectivity index (χ1n) is 8.30. The smallest absolute Gasteiger partial charge is 0.232 e. The Morgan fingerprint density at radius 3 is 2.46 bits per heavy atom. The number of carbonyl (C=O) groups excluding carboxylic acids is 2. The van der Waals surface area contributed by atoms with E-state index in [1.807, 2.05) is 0 Å². The van der Waals surface area contributed by atoms with E-state index in [4.69, 9.17) is 9.47 Å². The number of methoxy groups -OCH3 is 1. The van der Waals surface area contributed by atoms with Crippen molar-refractivity contribution >= 4 is 21.7 Å². The van der Waals surface area contributed by atoms with Crippen molar-refractivity contribution in [1.82, 2.24) is 10.2 Å². The van der Waals surface area contributed by atoms with Gasteiger partial charge in [0, 0.05) is 13.1 Å². The Bertz CT molecular complexity index is 732. The first-order chi connectivity index (χ1) is 12.3. The summed E-state index contributed by atoms with van der Waals surface area (Å²) in [5.41, 5.74) is 0. The van der Waals surface area contributed by atoms with Gasteiger partial charge in [0.2, 0.25) is 11.8 Å². The fourth-order valence-electron chi connectivity index (χ4n) is 2.64. The maximum absolute atomic E-state index is 12.1. The number of sulfone groups is 1. The molecule has 2 amide bonds. The Morgan fingerprint density at radius 1 is 1.23 bits per heavy atom. The lowest BCUT2D eigenvalue weighted by molar-refractivity contribution is -0.136. The summed E-state index contributed by atoms with van der Waals surface area (Å²) < 4.78 is 33.5. The van der Waals surface area contributed by atoms with Gasteiger partial charge < -0.3 is 19.7 Å². The second-order valence-corrected chi connectivity index (χ2v) is 8.34. The van der Waals surface area contributed by atoms with Crippen molar-refractivity contribution in [2.75, 3.05) is 38.8 Å². The maximum atomic E-state index is 12.1. The van der Waals surface area contributed by atoms with Crippen LogP contribution in [0, 0.1) is 0 Å². The summed E-state index contributed by atoms with van der Waals surface area (Å²) in [6, 6.07) is 6.71. The Kier molecular flexibility index (Phi) is 6.84. The van der Waals surface area contributed by atoms with Crippen LogP contribution in [0.4, 0.5) is 0 Å². The van der Waals surface area contributed by atoms with Crippen LogP contribution in [0.15, 0.2) is 24.3 Å². The Labute approximate surface area is 153 Å². The molecule has 1 atom stereocenters. The highest BCUT2D eigenvalue weighted by atomic mass is 32.2. The molecule has 1 aliphatic rings. The van der Waals surface area contributed by atoms with Gasteiger partial charge in [-0.05, 0) is 30.7 Å². The van der Waals surface area contributed by atoms with Crippen LogP contribution in [-0.2, 0) is 19.4 Å². The van der Waals surface area contributed by atoms with Gasteiger partial charge in [-0.2, -0.15) is 0 Å². The van der Waals surface area contributed by atoms with Crippen LogP contribution in [0.3, 0.4) is 0 Å². The van der Waals surface area contributed by atoms with Crippen molar-refractivity contribution in [3.8, 4) is 11.5 Å². The third-order valence-corrected chi connectivity index (χ3v) is 5.96. The van der Waals surface area contributed by atoms with Crippen LogP contribution in [0.1, 0.15) is 12.8 Å². The highest BCUT2D eigenvalue weighted by Gasteiger charge is 2.33. The van der Waals surface area contributed by atoms with Gasteiger partial charge in [0.15, 0.2) is 9.84 Å². The molecule has 144 valence electrons. The van der Waals surface area contributed by atoms with E-state index in [9.17, 15) is 18.0 Å². The zero-order valence-corrected chi connectivity index (χ0v) is 15.8. The number of hydrogen-bond acceptors (Lipinski definition) is 6. The molecular formula is C17H24N2O6S. The molecule has 9 heteroatoms. The minimum absolute atomic E-state index is 0.0352. The van der Waals surface area contributed by atoms with E-state index < -0.39 is 15.7 Å². The van der Waals surface area contributed by atoms with E-state index in [0.29, 0.717) is 12.2 Å². The molecule has 1 saturated heterocycles. The molecule has 0 spiro atoms. The number of ether oxygens (including phenoxy) is 2. The molecule has 1 N–H and O–H groups in total. The van der Waals surface area contributed by atoms with E-state index in [0.717, 1.165) is 5.75 Å². The van der Waals surface area contributed by atoms with E-state index in [-0.39, 0.29) is 43.0 Å². The SMILES string of the molecule is COc1ccc(OCCNC(=O)CC(=O)N(C)C2CCS(=O)(=O)C2)cc1. The van der Waals surface area contributed by atoms with Crippen LogP contribution in [-0.4, -0.2) is 70.0 Å². The average molecular weight is 384 g/mol. The lowest BCUT2D eigenvalue weighted by Crippen LogP contribution is -2.40. The molecule has 1 aromatic rings. The van der Waals surface area contributed by atoms with E-state index in [1.54, 1.807) is 31.4 Å². The molecule has 1 heterocycles. The molecule has 0 aliphatic carbocycles. The molecule has 0 radical (unpaired) electrons. The molecule has 8 nitrogen and oxygen atoms in total. The summed E-state index contributed by atoms with van der Waals surface area (Å²) in [5, 5.41) is 2.61. The van der Waals surface area contributed by atoms with Gasteiger partial charge in [-0.3, -0.25) is 9.59 Å². The van der Waals surface area contributed by atoms with Crippen molar-refractivity contribution in [1.29, 1.82) is 0 Å². The van der Waals surface area contributed by atoms with Gasteiger partial charge in [0.05, 0.1) is 25.2 Å². The molecule has 2 rings (SSSR count). The summed E-state index contributed by atoms with van der Waals surface area (Å²) in [6.07, 6.45) is 0.109. The zero-order valence-electron chi connectivity index (χ0n) is 14.9. The van der Waals surface area contributed by atoms with Crippen molar-refractivity contribution in [2.45, 2.75) is 18.9 Å². The fraction of sp³-hybridized carbons (Fsp3) is 0.529. The summed E-state index contributed by atoms with van der Waals surface area (Å²) in [6.45, 7) is 0.530. The lowest BCUT2D eigenvalue weighted by Gasteiger charge is -2.23. The molecule has 1 fully saturated rings. The Balaban J connectivity index is 1.67. The molecular weight excluding hydrogens is 360 g/mol. The number of nitrogens with one attached hydrogen (secondary N) is 1. The first-order valence-corrected chi connectivity index (χ1v) is 10.1. The number of benzene rings is 1. The Morgan fingerprint density at radius 2 is 1.88 bits per heavy atom. The third-order valence-electron chi connectivity index (χ3n) is 4.21. The van der Waals surface area contributed by atoms with Crippen LogP contribution >= 0.6 is 0 Å². The number of nitrogens with zero attached hydrogens (tertiary/aromatic N) is 1. The van der Waals surface area contributed by atoms with Crippen molar-refractivity contribution in [3.63, 3.8) is 0 Å². The molecule has 0 aromatic heterocycles. The second kappa shape index (κ2) is 8.88. The van der Waals surface area contributed by atoms with Crippen LogP contribution in [0.25, 0.3) is 0 Å². The number of amides is 2. The number of carbonyl (C=O) groups is 2. The summed E-state index contributed by atoms with van der Waals surface area (Å²) in [5.74, 6) is 0.625. The van der Waals surface area contributed by atoms with Crippen LogP contribution in [0.5, 0.6) is 11.5 Å². The molecule has 1 unspecified atom stereocenters. The third kappa shape index (κ3) is 5.91.